The molecule has 5 heteroatoms. The molecule has 0 radical (unpaired) electrons. The molecule has 84 valence electrons. The fraction of sp³-hybridized carbons (Fsp3) is 0.167. The van der Waals surface area contributed by atoms with E-state index in [9.17, 15) is 0 Å². The zero-order valence-electron chi connectivity index (χ0n) is 9.41. The zero-order chi connectivity index (χ0) is 11.7. The summed E-state index contributed by atoms with van der Waals surface area (Å²) in [4.78, 5) is 8.59. The maximum Gasteiger partial charge on any atom is 0.221 e. The van der Waals surface area contributed by atoms with Gasteiger partial charge in [0.2, 0.25) is 5.65 Å². The molecule has 0 saturated heterocycles. The largest absolute Gasteiger partial charge is 0.232 e. The van der Waals surface area contributed by atoms with Gasteiger partial charge < -0.3 is 0 Å². The van der Waals surface area contributed by atoms with Crippen LogP contribution in [0, 0.1) is 6.92 Å². The molecule has 0 aliphatic rings. The van der Waals surface area contributed by atoms with Crippen LogP contribution in [0.5, 0.6) is 0 Å². The van der Waals surface area contributed by atoms with Crippen LogP contribution in [0.25, 0.3) is 11.3 Å². The molecular formula is C12H11N5. The lowest BCUT2D eigenvalue weighted by Gasteiger charge is -2.01. The van der Waals surface area contributed by atoms with Crippen LogP contribution in [-0.4, -0.2) is 25.0 Å². The Kier molecular flexibility index (Phi) is 2.29. The smallest absolute Gasteiger partial charge is 0.221 e. The Hall–Kier alpha value is -2.30. The Morgan fingerprint density at radius 3 is 2.82 bits per heavy atom. The van der Waals surface area contributed by atoms with Crippen molar-refractivity contribution in [1.29, 1.82) is 0 Å². The Bertz CT molecular complexity index is 644. The van der Waals surface area contributed by atoms with Crippen LogP contribution in [0.3, 0.4) is 0 Å². The summed E-state index contributed by atoms with van der Waals surface area (Å²) < 4.78 is 1.76. The van der Waals surface area contributed by atoms with Crippen molar-refractivity contribution in [2.75, 3.05) is 0 Å². The van der Waals surface area contributed by atoms with Gasteiger partial charge in [-0.1, -0.05) is 35.5 Å². The molecule has 0 amide bonds. The van der Waals surface area contributed by atoms with Crippen molar-refractivity contribution in [3.63, 3.8) is 0 Å². The lowest BCUT2D eigenvalue weighted by atomic mass is 10.2. The number of fused-ring (bicyclic) bond motifs is 1. The molecule has 1 aromatic carbocycles. The summed E-state index contributed by atoms with van der Waals surface area (Å²) in [5.74, 6) is 0. The van der Waals surface area contributed by atoms with E-state index in [0.29, 0.717) is 12.2 Å². The fourth-order valence-electron chi connectivity index (χ4n) is 1.71. The molecule has 0 fully saturated rings. The summed E-state index contributed by atoms with van der Waals surface area (Å²) in [6, 6.07) is 10.1. The second kappa shape index (κ2) is 3.93. The molecule has 0 saturated carbocycles. The lowest BCUT2D eigenvalue weighted by molar-refractivity contribution is 0.664. The van der Waals surface area contributed by atoms with Gasteiger partial charge in [0, 0.05) is 0 Å². The third kappa shape index (κ3) is 1.87. The van der Waals surface area contributed by atoms with Crippen molar-refractivity contribution in [1.82, 2.24) is 25.0 Å². The zero-order valence-corrected chi connectivity index (χ0v) is 9.41. The number of benzene rings is 1. The van der Waals surface area contributed by atoms with E-state index in [2.05, 4.69) is 32.4 Å². The molecule has 17 heavy (non-hydrogen) atoms. The van der Waals surface area contributed by atoms with E-state index in [1.54, 1.807) is 10.9 Å². The monoisotopic (exact) mass is 225 g/mol. The van der Waals surface area contributed by atoms with Crippen molar-refractivity contribution < 1.29 is 0 Å². The average molecular weight is 225 g/mol. The fourth-order valence-corrected chi connectivity index (χ4v) is 1.71. The molecule has 0 bridgehead atoms. The van der Waals surface area contributed by atoms with E-state index in [0.717, 1.165) is 11.3 Å². The maximum absolute atomic E-state index is 4.31. The molecule has 2 aromatic heterocycles. The Morgan fingerprint density at radius 1 is 1.18 bits per heavy atom. The third-order valence-corrected chi connectivity index (χ3v) is 2.52. The summed E-state index contributed by atoms with van der Waals surface area (Å²) in [5, 5.41) is 8.09. The predicted molar refractivity (Wildman–Crippen MR) is 63.4 cm³/mol. The molecule has 3 aromatic rings. The van der Waals surface area contributed by atoms with E-state index in [-0.39, 0.29) is 0 Å². The first-order chi connectivity index (χ1) is 8.33. The molecule has 2 heterocycles. The van der Waals surface area contributed by atoms with Gasteiger partial charge in [-0.05, 0) is 12.5 Å². The van der Waals surface area contributed by atoms with Crippen LogP contribution in [-0.2, 0) is 6.54 Å². The SMILES string of the molecule is Cc1cnc2c(nnn2Cc2ccccc2)n1. The lowest BCUT2D eigenvalue weighted by Crippen LogP contribution is -2.02. The molecular weight excluding hydrogens is 214 g/mol. The van der Waals surface area contributed by atoms with Gasteiger partial charge in [0.15, 0.2) is 5.65 Å². The highest BCUT2D eigenvalue weighted by molar-refractivity contribution is 5.63. The van der Waals surface area contributed by atoms with Crippen LogP contribution in [0.4, 0.5) is 0 Å². The van der Waals surface area contributed by atoms with E-state index in [4.69, 9.17) is 0 Å². The quantitative estimate of drug-likeness (QED) is 0.664. The second-order valence-corrected chi connectivity index (χ2v) is 3.89. The van der Waals surface area contributed by atoms with Crippen molar-refractivity contribution in [2.45, 2.75) is 13.5 Å². The predicted octanol–water partition coefficient (Wildman–Crippen LogP) is 1.58. The first kappa shape index (κ1) is 9.89. The van der Waals surface area contributed by atoms with Crippen LogP contribution in [0.1, 0.15) is 11.3 Å². The second-order valence-electron chi connectivity index (χ2n) is 3.89. The third-order valence-electron chi connectivity index (χ3n) is 2.52. The standard InChI is InChI=1S/C12H11N5/c1-9-7-13-12-11(14-9)15-16-17(12)8-10-5-3-2-4-6-10/h2-7H,8H2,1H3. The number of hydrogen-bond donors (Lipinski definition) is 0. The van der Waals surface area contributed by atoms with Gasteiger partial charge in [-0.15, -0.1) is 5.10 Å². The van der Waals surface area contributed by atoms with Crippen LogP contribution >= 0.6 is 0 Å². The summed E-state index contributed by atoms with van der Waals surface area (Å²) in [6.45, 7) is 2.55. The highest BCUT2D eigenvalue weighted by Gasteiger charge is 2.07. The average Bonchev–Trinajstić information content (AvgIpc) is 2.73. The molecule has 0 unspecified atom stereocenters. The van der Waals surface area contributed by atoms with Gasteiger partial charge in [-0.25, -0.2) is 14.6 Å². The highest BCUT2D eigenvalue weighted by atomic mass is 15.4. The van der Waals surface area contributed by atoms with E-state index >= 15 is 0 Å². The first-order valence-electron chi connectivity index (χ1n) is 5.40. The van der Waals surface area contributed by atoms with Crippen molar-refractivity contribution in [3.8, 4) is 0 Å². The molecule has 0 aliphatic heterocycles. The number of nitrogens with zero attached hydrogens (tertiary/aromatic N) is 5. The Labute approximate surface area is 98.1 Å². The van der Waals surface area contributed by atoms with E-state index in [1.165, 1.54) is 5.56 Å². The Morgan fingerprint density at radius 2 is 2.00 bits per heavy atom. The van der Waals surface area contributed by atoms with Crippen LogP contribution in [0.15, 0.2) is 36.5 Å². The molecule has 0 aliphatic carbocycles. The summed E-state index contributed by atoms with van der Waals surface area (Å²) in [6.07, 6.45) is 1.73. The Balaban J connectivity index is 2.01. The van der Waals surface area contributed by atoms with Gasteiger partial charge in [-0.3, -0.25) is 0 Å². The topological polar surface area (TPSA) is 56.5 Å². The molecule has 0 spiro atoms. The maximum atomic E-state index is 4.31. The first-order valence-corrected chi connectivity index (χ1v) is 5.40. The van der Waals surface area contributed by atoms with Crippen LogP contribution in [0.2, 0.25) is 0 Å². The molecule has 0 atom stereocenters. The molecule has 5 nitrogen and oxygen atoms in total. The van der Waals surface area contributed by atoms with Crippen molar-refractivity contribution in [2.24, 2.45) is 0 Å². The van der Waals surface area contributed by atoms with Gasteiger partial charge in [0.05, 0.1) is 18.4 Å². The molecule has 0 N–H and O–H groups in total. The minimum Gasteiger partial charge on any atom is -0.232 e. The summed E-state index contributed by atoms with van der Waals surface area (Å²) in [7, 11) is 0. The minimum absolute atomic E-state index is 0.598. The van der Waals surface area contributed by atoms with Gasteiger partial charge >= 0.3 is 0 Å². The van der Waals surface area contributed by atoms with Gasteiger partial charge in [-0.2, -0.15) is 0 Å². The van der Waals surface area contributed by atoms with Crippen molar-refractivity contribution in [3.05, 3.63) is 47.8 Å². The number of aryl methyl sites for hydroxylation is 1. The van der Waals surface area contributed by atoms with Crippen LogP contribution < -0.4 is 0 Å². The molecule has 3 rings (SSSR count). The summed E-state index contributed by atoms with van der Waals surface area (Å²) in [5.41, 5.74) is 3.34. The number of aromatic nitrogens is 5. The van der Waals surface area contributed by atoms with Gasteiger partial charge in [0.25, 0.3) is 0 Å². The normalized spacial score (nSPS) is 10.9. The minimum atomic E-state index is 0.598. The summed E-state index contributed by atoms with van der Waals surface area (Å²) >= 11 is 0. The van der Waals surface area contributed by atoms with E-state index in [1.807, 2.05) is 25.1 Å². The number of rotatable bonds is 2. The van der Waals surface area contributed by atoms with Gasteiger partial charge in [0.1, 0.15) is 0 Å². The highest BCUT2D eigenvalue weighted by Crippen LogP contribution is 2.08. The van der Waals surface area contributed by atoms with E-state index < -0.39 is 0 Å². The number of hydrogen-bond acceptors (Lipinski definition) is 4. The van der Waals surface area contributed by atoms with Crippen molar-refractivity contribution >= 4 is 11.3 Å².